The Hall–Kier alpha value is -7.94. The van der Waals surface area contributed by atoms with E-state index in [9.17, 15) is 0 Å². The van der Waals surface area contributed by atoms with Crippen LogP contribution in [-0.2, 0) is 21.7 Å². The molecule has 0 saturated carbocycles. The second-order valence-electron chi connectivity index (χ2n) is 24.6. The van der Waals surface area contributed by atoms with Gasteiger partial charge in [0.15, 0.2) is 0 Å². The smallest absolute Gasteiger partial charge is 0.0465 e. The van der Waals surface area contributed by atoms with E-state index in [0.717, 1.165) is 22.7 Å². The Bertz CT molecular complexity index is 3430. The van der Waals surface area contributed by atoms with Crippen LogP contribution in [0.25, 0.3) is 46.6 Å². The summed E-state index contributed by atoms with van der Waals surface area (Å²) in [4.78, 5) is 4.80. The third kappa shape index (κ3) is 9.45. The van der Waals surface area contributed by atoms with E-state index in [-0.39, 0.29) is 21.7 Å². The minimum atomic E-state index is -0.167. The van der Waals surface area contributed by atoms with Gasteiger partial charge in [0.1, 0.15) is 0 Å². The molecule has 9 aromatic rings. The topological polar surface area (TPSA) is 6.48 Å². The van der Waals surface area contributed by atoms with Crippen LogP contribution in [-0.4, -0.2) is 0 Å². The number of fused-ring (bicyclic) bond motifs is 6. The molecule has 0 aliphatic heterocycles. The van der Waals surface area contributed by atoms with Gasteiger partial charge in [-0.05, 0) is 175 Å². The van der Waals surface area contributed by atoms with Crippen molar-refractivity contribution in [3.8, 4) is 22.3 Å². The van der Waals surface area contributed by atoms with Crippen molar-refractivity contribution in [2.45, 2.75) is 105 Å². The summed E-state index contributed by atoms with van der Waals surface area (Å²) in [6.45, 7) is 27.5. The third-order valence-corrected chi connectivity index (χ3v) is 16.3. The summed E-state index contributed by atoms with van der Waals surface area (Å²) in [5.74, 6) is 0. The number of benzene rings is 9. The highest BCUT2D eigenvalue weighted by atomic mass is 15.1. The fourth-order valence-corrected chi connectivity index (χ4v) is 11.6. The van der Waals surface area contributed by atoms with Gasteiger partial charge in [0.2, 0.25) is 0 Å². The van der Waals surface area contributed by atoms with Crippen LogP contribution < -0.4 is 9.80 Å². The first-order valence-electron chi connectivity index (χ1n) is 27.2. The van der Waals surface area contributed by atoms with Crippen molar-refractivity contribution < 1.29 is 0 Å². The van der Waals surface area contributed by atoms with Gasteiger partial charge < -0.3 is 9.80 Å². The second-order valence-corrected chi connectivity index (χ2v) is 24.6. The van der Waals surface area contributed by atoms with E-state index >= 15 is 0 Å². The van der Waals surface area contributed by atoms with Crippen LogP contribution in [0.15, 0.2) is 194 Å². The van der Waals surface area contributed by atoms with Gasteiger partial charge in [0.25, 0.3) is 0 Å². The zero-order valence-corrected chi connectivity index (χ0v) is 46.7. The summed E-state index contributed by atoms with van der Waals surface area (Å²) in [6.07, 6.45) is 8.99. The van der Waals surface area contributed by atoms with Gasteiger partial charge in [0, 0.05) is 45.0 Å². The molecular weight excluding hydrogens is 917 g/mol. The lowest BCUT2D eigenvalue weighted by molar-refractivity contribution is 0.590. The third-order valence-electron chi connectivity index (χ3n) is 16.3. The molecule has 0 fully saturated rings. The van der Waals surface area contributed by atoms with Gasteiger partial charge in [-0.3, -0.25) is 0 Å². The molecule has 2 aliphatic rings. The average Bonchev–Trinajstić information content (AvgIpc) is 3.92. The van der Waals surface area contributed by atoms with Crippen molar-refractivity contribution in [1.82, 2.24) is 0 Å². The van der Waals surface area contributed by atoms with Crippen molar-refractivity contribution in [1.29, 1.82) is 0 Å². The normalized spacial score (nSPS) is 14.2. The molecule has 2 aliphatic carbocycles. The van der Waals surface area contributed by atoms with Crippen molar-refractivity contribution in [3.63, 3.8) is 0 Å². The first-order chi connectivity index (χ1) is 36.2. The van der Waals surface area contributed by atoms with Crippen molar-refractivity contribution in [3.05, 3.63) is 261 Å². The molecule has 2 heteroatoms. The van der Waals surface area contributed by atoms with Crippen LogP contribution in [0.1, 0.15) is 136 Å². The van der Waals surface area contributed by atoms with E-state index in [2.05, 4.69) is 311 Å². The number of hydrogen-bond donors (Lipinski definition) is 0. The standard InChI is InChI=1S/C74H72N2/c1-49-13-31-57(32-14-49)75(59-35-27-55(28-36-59)71(3,4)5)61-39-43-65-63-41-25-53(45-67(63)73(9,10)69(65)47-61)23-21-51-17-19-52(20-18-51)22-24-54-26-42-64-66-44-40-62(48-70(66)74(11,12)68(64)46-54)76(58-33-15-50(2)16-34-58)60-37-29-56(30-38-60)72(6,7)8/h13-48H,1-12H3/b23-21+,24-22+. The Morgan fingerprint density at radius 1 is 0.289 bits per heavy atom. The number of rotatable bonds is 10. The molecule has 0 amide bonds. The molecule has 0 bridgehead atoms. The summed E-state index contributed by atoms with van der Waals surface area (Å²) in [5, 5.41) is 0. The monoisotopic (exact) mass is 989 g/mol. The van der Waals surface area contributed by atoms with Crippen LogP contribution in [0.5, 0.6) is 0 Å². The number of aryl methyl sites for hydroxylation is 2. The van der Waals surface area contributed by atoms with Gasteiger partial charge in [-0.15, -0.1) is 0 Å². The highest BCUT2D eigenvalue weighted by molar-refractivity contribution is 5.89. The van der Waals surface area contributed by atoms with Gasteiger partial charge in [-0.1, -0.05) is 226 Å². The first-order valence-corrected chi connectivity index (χ1v) is 27.2. The SMILES string of the molecule is Cc1ccc(N(c2ccc(C(C)(C)C)cc2)c2ccc3c(c2)C(C)(C)c2cc(/C=C/c4ccc(/C=C/c5ccc6c(c5)C(C)(C)c5cc(N(c7ccc(C)cc7)c7ccc(C(C)(C)C)cc7)ccc5-6)cc4)ccc2-3)cc1. The molecule has 0 unspecified atom stereocenters. The van der Waals surface area contributed by atoms with Crippen molar-refractivity contribution in [2.75, 3.05) is 9.80 Å². The molecule has 0 N–H and O–H groups in total. The average molecular weight is 989 g/mol. The van der Waals surface area contributed by atoms with E-state index < -0.39 is 0 Å². The minimum Gasteiger partial charge on any atom is -0.310 e. The summed E-state index contributed by atoms with van der Waals surface area (Å²) >= 11 is 0. The predicted octanol–water partition coefficient (Wildman–Crippen LogP) is 20.8. The lowest BCUT2D eigenvalue weighted by Gasteiger charge is -2.29. The van der Waals surface area contributed by atoms with Crippen LogP contribution in [0.3, 0.4) is 0 Å². The largest absolute Gasteiger partial charge is 0.310 e. The molecular formula is C74H72N2. The highest BCUT2D eigenvalue weighted by Crippen LogP contribution is 2.53. The lowest BCUT2D eigenvalue weighted by Crippen LogP contribution is -2.17. The van der Waals surface area contributed by atoms with Crippen LogP contribution in [0.2, 0.25) is 0 Å². The maximum absolute atomic E-state index is 2.42. The predicted molar refractivity (Wildman–Crippen MR) is 329 cm³/mol. The van der Waals surface area contributed by atoms with Crippen molar-refractivity contribution in [2.24, 2.45) is 0 Å². The van der Waals surface area contributed by atoms with Crippen LogP contribution in [0.4, 0.5) is 34.1 Å². The molecule has 0 saturated heterocycles. The van der Waals surface area contributed by atoms with E-state index in [1.807, 2.05) is 0 Å². The second kappa shape index (κ2) is 19.0. The molecule has 378 valence electrons. The number of hydrogen-bond acceptors (Lipinski definition) is 2. The molecule has 76 heavy (non-hydrogen) atoms. The van der Waals surface area contributed by atoms with Gasteiger partial charge in [-0.2, -0.15) is 0 Å². The van der Waals surface area contributed by atoms with E-state index in [1.54, 1.807) is 0 Å². The summed E-state index contributed by atoms with van der Waals surface area (Å²) in [5.41, 5.74) is 27.5. The zero-order valence-electron chi connectivity index (χ0n) is 46.7. The number of anilines is 6. The van der Waals surface area contributed by atoms with Crippen LogP contribution in [0, 0.1) is 13.8 Å². The van der Waals surface area contributed by atoms with Gasteiger partial charge in [0.05, 0.1) is 0 Å². The molecule has 0 heterocycles. The highest BCUT2D eigenvalue weighted by Gasteiger charge is 2.38. The molecule has 11 rings (SSSR count). The first kappa shape index (κ1) is 50.2. The van der Waals surface area contributed by atoms with Gasteiger partial charge >= 0.3 is 0 Å². The molecule has 0 radical (unpaired) electrons. The van der Waals surface area contributed by atoms with E-state index in [4.69, 9.17) is 0 Å². The lowest BCUT2D eigenvalue weighted by atomic mass is 9.81. The quantitative estimate of drug-likeness (QED) is 0.126. The summed E-state index contributed by atoms with van der Waals surface area (Å²) in [6, 6.07) is 73.0. The van der Waals surface area contributed by atoms with Crippen molar-refractivity contribution >= 4 is 58.4 Å². The summed E-state index contributed by atoms with van der Waals surface area (Å²) < 4.78 is 0. The Balaban J connectivity index is 0.796. The Morgan fingerprint density at radius 3 is 0.855 bits per heavy atom. The molecule has 0 spiro atoms. The molecule has 0 aromatic heterocycles. The Kier molecular flexibility index (Phi) is 12.6. The Morgan fingerprint density at radius 2 is 0.539 bits per heavy atom. The van der Waals surface area contributed by atoms with E-state index in [0.29, 0.717) is 0 Å². The fraction of sp³-hybridized carbons (Fsp3) is 0.216. The maximum Gasteiger partial charge on any atom is 0.0465 e. The molecule has 0 atom stereocenters. The molecule has 9 aromatic carbocycles. The maximum atomic E-state index is 2.42. The Labute approximate surface area is 453 Å². The van der Waals surface area contributed by atoms with Gasteiger partial charge in [-0.25, -0.2) is 0 Å². The minimum absolute atomic E-state index is 0.0896. The number of nitrogens with zero attached hydrogens (tertiary/aromatic N) is 2. The summed E-state index contributed by atoms with van der Waals surface area (Å²) in [7, 11) is 0. The van der Waals surface area contributed by atoms with E-state index in [1.165, 1.54) is 100 Å². The van der Waals surface area contributed by atoms with Crippen LogP contribution >= 0.6 is 0 Å². The molecule has 2 nitrogen and oxygen atoms in total. The zero-order chi connectivity index (χ0) is 53.3. The fourth-order valence-electron chi connectivity index (χ4n) is 11.6.